The molecule has 3 aromatic carbocycles. The van der Waals surface area contributed by atoms with Crippen LogP contribution in [0.1, 0.15) is 35.6 Å². The van der Waals surface area contributed by atoms with Gasteiger partial charge in [-0.25, -0.2) is 0 Å². The van der Waals surface area contributed by atoms with Gasteiger partial charge in [-0.3, -0.25) is 4.99 Å². The predicted octanol–water partition coefficient (Wildman–Crippen LogP) is 5.34. The van der Waals surface area contributed by atoms with Crippen molar-refractivity contribution in [3.05, 3.63) is 95.1 Å². The molecule has 0 aliphatic carbocycles. The van der Waals surface area contributed by atoms with Crippen LogP contribution < -0.4 is 5.73 Å². The van der Waals surface area contributed by atoms with E-state index in [1.807, 2.05) is 48.5 Å². The third-order valence-electron chi connectivity index (χ3n) is 5.59. The van der Waals surface area contributed by atoms with Crippen LogP contribution in [0.4, 0.5) is 5.69 Å². The fourth-order valence-corrected chi connectivity index (χ4v) is 4.04. The number of H-pyrrole nitrogens is 1. The Bertz CT molecular complexity index is 1210. The molecule has 4 N–H and O–H groups in total. The molecule has 0 saturated heterocycles. The van der Waals surface area contributed by atoms with Crippen LogP contribution in [0.5, 0.6) is 5.88 Å². The summed E-state index contributed by atoms with van der Waals surface area (Å²) in [5.74, 6) is 0.0995. The van der Waals surface area contributed by atoms with Gasteiger partial charge in [0.05, 0.1) is 23.3 Å². The maximum Gasteiger partial charge on any atom is 0.199 e. The van der Waals surface area contributed by atoms with Crippen LogP contribution in [0.25, 0.3) is 10.9 Å². The summed E-state index contributed by atoms with van der Waals surface area (Å²) < 4.78 is 0. The Morgan fingerprint density at radius 2 is 1.72 bits per heavy atom. The number of fused-ring (bicyclic) bond motifs is 1. The van der Waals surface area contributed by atoms with E-state index in [9.17, 15) is 5.11 Å². The molecule has 0 aliphatic heterocycles. The molecule has 32 heavy (non-hydrogen) atoms. The van der Waals surface area contributed by atoms with Gasteiger partial charge in [0.1, 0.15) is 0 Å². The van der Waals surface area contributed by atoms with Crippen molar-refractivity contribution in [2.45, 2.75) is 26.4 Å². The fourth-order valence-electron chi connectivity index (χ4n) is 4.04. The average molecular weight is 427 g/mol. The predicted molar refractivity (Wildman–Crippen MR) is 133 cm³/mol. The van der Waals surface area contributed by atoms with E-state index in [1.165, 1.54) is 5.56 Å². The van der Waals surface area contributed by atoms with Crippen molar-refractivity contribution in [2.24, 2.45) is 4.99 Å². The van der Waals surface area contributed by atoms with Crippen molar-refractivity contribution >= 4 is 22.3 Å². The maximum absolute atomic E-state index is 10.7. The smallest absolute Gasteiger partial charge is 0.199 e. The largest absolute Gasteiger partial charge is 0.494 e. The van der Waals surface area contributed by atoms with Gasteiger partial charge in [0.25, 0.3) is 0 Å². The van der Waals surface area contributed by atoms with Crippen LogP contribution in [-0.4, -0.2) is 34.3 Å². The van der Waals surface area contributed by atoms with E-state index in [4.69, 9.17) is 10.7 Å². The Morgan fingerprint density at radius 3 is 2.44 bits per heavy atom. The summed E-state index contributed by atoms with van der Waals surface area (Å²) in [4.78, 5) is 10.3. The average Bonchev–Trinajstić information content (AvgIpc) is 3.11. The van der Waals surface area contributed by atoms with Gasteiger partial charge in [-0.15, -0.1) is 0 Å². The minimum Gasteiger partial charge on any atom is -0.494 e. The lowest BCUT2D eigenvalue weighted by molar-refractivity contribution is 0.327. The van der Waals surface area contributed by atoms with E-state index in [0.29, 0.717) is 17.8 Å². The summed E-state index contributed by atoms with van der Waals surface area (Å²) >= 11 is 0. The molecule has 0 fully saturated rings. The van der Waals surface area contributed by atoms with Crippen LogP contribution in [0.2, 0.25) is 0 Å². The molecule has 0 bridgehead atoms. The van der Waals surface area contributed by atoms with E-state index in [2.05, 4.69) is 48.1 Å². The number of aromatic amines is 1. The van der Waals surface area contributed by atoms with Crippen molar-refractivity contribution in [2.75, 3.05) is 19.3 Å². The first-order valence-corrected chi connectivity index (χ1v) is 11.0. The third-order valence-corrected chi connectivity index (χ3v) is 5.59. The van der Waals surface area contributed by atoms with Crippen LogP contribution in [0.15, 0.2) is 77.8 Å². The molecule has 0 spiro atoms. The molecule has 1 aromatic heterocycles. The minimum absolute atomic E-state index is 0.0995. The zero-order chi connectivity index (χ0) is 22.5. The van der Waals surface area contributed by atoms with Gasteiger partial charge in [0.2, 0.25) is 0 Å². The van der Waals surface area contributed by atoms with Gasteiger partial charge < -0.3 is 20.7 Å². The van der Waals surface area contributed by atoms with E-state index in [1.54, 1.807) is 0 Å². The molecule has 4 rings (SSSR count). The van der Waals surface area contributed by atoms with Crippen molar-refractivity contribution in [1.29, 1.82) is 0 Å². The Balaban J connectivity index is 1.66. The lowest BCUT2D eigenvalue weighted by Gasteiger charge is -2.15. The van der Waals surface area contributed by atoms with Gasteiger partial charge in [0, 0.05) is 23.2 Å². The van der Waals surface area contributed by atoms with Crippen LogP contribution in [-0.2, 0) is 13.1 Å². The Morgan fingerprint density at radius 1 is 1.00 bits per heavy atom. The van der Waals surface area contributed by atoms with E-state index >= 15 is 0 Å². The quantitative estimate of drug-likeness (QED) is 0.263. The van der Waals surface area contributed by atoms with Crippen molar-refractivity contribution in [3.8, 4) is 5.88 Å². The lowest BCUT2D eigenvalue weighted by atomic mass is 10.0. The topological polar surface area (TPSA) is 77.6 Å². The molecule has 5 heteroatoms. The van der Waals surface area contributed by atoms with Crippen LogP contribution >= 0.6 is 0 Å². The normalized spacial score (nSPS) is 12.0. The number of nitrogens with one attached hydrogen (secondary N) is 1. The highest BCUT2D eigenvalue weighted by atomic mass is 16.3. The molecular formula is C27H30N4O. The summed E-state index contributed by atoms with van der Waals surface area (Å²) in [6.45, 7) is 4.75. The fraction of sp³-hybridized carbons (Fsp3) is 0.222. The second-order valence-corrected chi connectivity index (χ2v) is 8.24. The number of rotatable bonds is 8. The zero-order valence-corrected chi connectivity index (χ0v) is 18.7. The number of nitrogens with zero attached hydrogens (tertiary/aromatic N) is 2. The highest BCUT2D eigenvalue weighted by Gasteiger charge is 2.18. The highest BCUT2D eigenvalue weighted by Crippen LogP contribution is 2.31. The first-order chi connectivity index (χ1) is 15.5. The number of aromatic nitrogens is 1. The summed E-state index contributed by atoms with van der Waals surface area (Å²) in [5.41, 5.74) is 12.2. The number of aliphatic imine (C=N–C) groups is 1. The van der Waals surface area contributed by atoms with Gasteiger partial charge in [-0.05, 0) is 49.3 Å². The number of hydrogen-bond acceptors (Lipinski definition) is 4. The highest BCUT2D eigenvalue weighted by molar-refractivity contribution is 6.21. The molecule has 0 amide bonds. The van der Waals surface area contributed by atoms with Gasteiger partial charge in [-0.2, -0.15) is 0 Å². The summed E-state index contributed by atoms with van der Waals surface area (Å²) in [6.07, 6.45) is 1.15. The molecule has 0 atom stereocenters. The second-order valence-electron chi connectivity index (χ2n) is 8.24. The molecule has 0 unspecified atom stereocenters. The molecule has 0 radical (unpaired) electrons. The van der Waals surface area contributed by atoms with E-state index in [-0.39, 0.29) is 5.88 Å². The standard InChI is InChI=1S/C27H30N4O/c1-3-15-31(2)18-20-11-9-19(10-12-20)17-29-26(21-7-5-4-6-8-21)25-23-14-13-22(28)16-24(23)30-27(25)32/h4-14,16,30,32H,3,15,17-18,28H2,1-2H3. The maximum atomic E-state index is 10.7. The zero-order valence-electron chi connectivity index (χ0n) is 18.7. The Kier molecular flexibility index (Phi) is 6.57. The van der Waals surface area contributed by atoms with Crippen molar-refractivity contribution in [3.63, 3.8) is 0 Å². The first-order valence-electron chi connectivity index (χ1n) is 11.0. The van der Waals surface area contributed by atoms with Crippen LogP contribution in [0.3, 0.4) is 0 Å². The summed E-state index contributed by atoms with van der Waals surface area (Å²) in [6, 6.07) is 24.2. The summed E-state index contributed by atoms with van der Waals surface area (Å²) in [5, 5.41) is 11.6. The number of aromatic hydroxyl groups is 1. The van der Waals surface area contributed by atoms with Gasteiger partial charge in [-0.1, -0.05) is 61.5 Å². The van der Waals surface area contributed by atoms with Crippen molar-refractivity contribution < 1.29 is 5.11 Å². The van der Waals surface area contributed by atoms with Gasteiger partial charge >= 0.3 is 0 Å². The Hall–Kier alpha value is -3.57. The molecule has 0 aliphatic rings. The lowest BCUT2D eigenvalue weighted by Crippen LogP contribution is -2.18. The third kappa shape index (κ3) is 4.84. The van der Waals surface area contributed by atoms with E-state index < -0.39 is 0 Å². The molecule has 1 heterocycles. The van der Waals surface area contributed by atoms with Crippen LogP contribution in [0, 0.1) is 0 Å². The molecule has 0 saturated carbocycles. The van der Waals surface area contributed by atoms with Gasteiger partial charge in [0.15, 0.2) is 5.88 Å². The first kappa shape index (κ1) is 21.7. The SMILES string of the molecule is CCCN(C)Cc1ccc(CN=C(c2ccccc2)c2c(O)[nH]c3cc(N)ccc23)cc1. The van der Waals surface area contributed by atoms with E-state index in [0.717, 1.165) is 47.3 Å². The summed E-state index contributed by atoms with van der Waals surface area (Å²) in [7, 11) is 2.15. The minimum atomic E-state index is 0.0995. The number of benzene rings is 3. The monoisotopic (exact) mass is 426 g/mol. The Labute approximate surface area is 189 Å². The molecular weight excluding hydrogens is 396 g/mol. The van der Waals surface area contributed by atoms with Crippen molar-refractivity contribution in [1.82, 2.24) is 9.88 Å². The number of nitrogens with two attached hydrogens (primary N) is 1. The number of hydrogen-bond donors (Lipinski definition) is 3. The number of anilines is 1. The molecule has 4 aromatic rings. The number of nitrogen functional groups attached to an aromatic ring is 1. The second kappa shape index (κ2) is 9.71. The molecule has 5 nitrogen and oxygen atoms in total. The molecule has 164 valence electrons.